The number of aromatic nitrogens is 4. The highest BCUT2D eigenvalue weighted by Crippen LogP contribution is 2.27. The van der Waals surface area contributed by atoms with Crippen molar-refractivity contribution in [2.75, 3.05) is 0 Å². The summed E-state index contributed by atoms with van der Waals surface area (Å²) in [6, 6.07) is 7.39. The highest BCUT2D eigenvalue weighted by molar-refractivity contribution is 7.98. The molecule has 0 saturated carbocycles. The Labute approximate surface area is 125 Å². The van der Waals surface area contributed by atoms with Gasteiger partial charge in [0.15, 0.2) is 5.16 Å². The number of aryl methyl sites for hydroxylation is 1. The first-order valence-corrected chi connectivity index (χ1v) is 7.28. The number of benzene rings is 1. The van der Waals surface area contributed by atoms with Gasteiger partial charge in [-0.15, -0.1) is 10.2 Å². The minimum atomic E-state index is 0.436. The molecular weight excluding hydrogens is 296 g/mol. The molecular formula is C13H11ClN4OS. The second-order valence-electron chi connectivity index (χ2n) is 4.09. The summed E-state index contributed by atoms with van der Waals surface area (Å²) >= 11 is 7.64. The van der Waals surface area contributed by atoms with Crippen LogP contribution in [0, 0.1) is 0 Å². The van der Waals surface area contributed by atoms with Gasteiger partial charge in [-0.3, -0.25) is 0 Å². The van der Waals surface area contributed by atoms with Crippen LogP contribution in [0.25, 0.3) is 11.5 Å². The normalized spacial score (nSPS) is 10.9. The topological polar surface area (TPSA) is 56.7 Å². The Bertz CT molecular complexity index is 724. The Balaban J connectivity index is 1.74. The van der Waals surface area contributed by atoms with Gasteiger partial charge in [0.25, 0.3) is 0 Å². The molecule has 0 spiro atoms. The van der Waals surface area contributed by atoms with Gasteiger partial charge in [-0.1, -0.05) is 35.5 Å². The van der Waals surface area contributed by atoms with Crippen molar-refractivity contribution in [2.24, 2.45) is 7.05 Å². The number of imidazole rings is 1. The minimum absolute atomic E-state index is 0.436. The van der Waals surface area contributed by atoms with Crippen LogP contribution < -0.4 is 0 Å². The van der Waals surface area contributed by atoms with E-state index in [9.17, 15) is 0 Å². The molecule has 20 heavy (non-hydrogen) atoms. The van der Waals surface area contributed by atoms with Crippen molar-refractivity contribution in [3.8, 4) is 11.5 Å². The molecule has 3 rings (SSSR count). The van der Waals surface area contributed by atoms with Crippen molar-refractivity contribution >= 4 is 23.4 Å². The number of hydrogen-bond donors (Lipinski definition) is 0. The van der Waals surface area contributed by atoms with E-state index >= 15 is 0 Å². The number of halogens is 1. The summed E-state index contributed by atoms with van der Waals surface area (Å²) in [5.41, 5.74) is 0.745. The van der Waals surface area contributed by atoms with Crippen molar-refractivity contribution in [2.45, 2.75) is 10.9 Å². The van der Waals surface area contributed by atoms with Gasteiger partial charge in [-0.25, -0.2) is 4.98 Å². The summed E-state index contributed by atoms with van der Waals surface area (Å²) in [6.07, 6.45) is 3.65. The van der Waals surface area contributed by atoms with Crippen LogP contribution in [-0.4, -0.2) is 19.7 Å². The van der Waals surface area contributed by atoms with Gasteiger partial charge in [0, 0.05) is 19.4 Å². The molecule has 0 bridgehead atoms. The molecule has 1 aromatic carbocycles. The Morgan fingerprint density at radius 2 is 2.15 bits per heavy atom. The van der Waals surface area contributed by atoms with Gasteiger partial charge in [-0.05, 0) is 12.1 Å². The molecule has 7 heteroatoms. The molecule has 5 nitrogen and oxygen atoms in total. The van der Waals surface area contributed by atoms with Crippen LogP contribution in [0.1, 0.15) is 5.89 Å². The first-order valence-electron chi connectivity index (χ1n) is 5.91. The molecule has 2 aromatic heterocycles. The summed E-state index contributed by atoms with van der Waals surface area (Å²) in [6.45, 7) is 0. The van der Waals surface area contributed by atoms with Gasteiger partial charge >= 0.3 is 0 Å². The van der Waals surface area contributed by atoms with Crippen LogP contribution in [-0.2, 0) is 12.8 Å². The second kappa shape index (κ2) is 5.68. The van der Waals surface area contributed by atoms with Crippen LogP contribution >= 0.6 is 23.4 Å². The molecule has 3 aromatic rings. The largest absolute Gasteiger partial charge is 0.420 e. The molecule has 0 aliphatic carbocycles. The molecule has 0 unspecified atom stereocenters. The van der Waals surface area contributed by atoms with Crippen molar-refractivity contribution < 1.29 is 4.42 Å². The molecule has 0 aliphatic rings. The maximum Gasteiger partial charge on any atom is 0.249 e. The van der Waals surface area contributed by atoms with E-state index in [1.165, 1.54) is 0 Å². The van der Waals surface area contributed by atoms with Crippen LogP contribution in [0.2, 0.25) is 5.02 Å². The maximum atomic E-state index is 6.10. The zero-order valence-electron chi connectivity index (χ0n) is 10.7. The van der Waals surface area contributed by atoms with Crippen molar-refractivity contribution in [1.82, 2.24) is 19.7 Å². The zero-order valence-corrected chi connectivity index (χ0v) is 12.2. The Hall–Kier alpha value is -1.79. The molecule has 2 heterocycles. The monoisotopic (exact) mass is 306 g/mol. The number of rotatable bonds is 4. The van der Waals surface area contributed by atoms with Crippen LogP contribution in [0.15, 0.2) is 46.2 Å². The lowest BCUT2D eigenvalue weighted by Gasteiger charge is -1.98. The Morgan fingerprint density at radius 1 is 1.30 bits per heavy atom. The average Bonchev–Trinajstić information content (AvgIpc) is 3.06. The van der Waals surface area contributed by atoms with Crippen LogP contribution in [0.3, 0.4) is 0 Å². The van der Waals surface area contributed by atoms with E-state index in [1.54, 1.807) is 24.0 Å². The molecule has 102 valence electrons. The number of thioether (sulfide) groups is 1. The van der Waals surface area contributed by atoms with Crippen LogP contribution in [0.5, 0.6) is 0 Å². The standard InChI is InChI=1S/C13H11ClN4OS/c1-18-7-6-15-13(18)20-8-11-16-17-12(19-11)9-4-2-3-5-10(9)14/h2-7H,8H2,1H3. The summed E-state index contributed by atoms with van der Waals surface area (Å²) in [5.74, 6) is 1.56. The summed E-state index contributed by atoms with van der Waals surface area (Å²) in [4.78, 5) is 4.22. The van der Waals surface area contributed by atoms with Crippen molar-refractivity contribution in [1.29, 1.82) is 0 Å². The molecule has 0 aliphatic heterocycles. The molecule has 0 amide bonds. The summed E-state index contributed by atoms with van der Waals surface area (Å²) in [5, 5.41) is 9.56. The summed E-state index contributed by atoms with van der Waals surface area (Å²) < 4.78 is 7.56. The van der Waals surface area contributed by atoms with Crippen molar-refractivity contribution in [3.63, 3.8) is 0 Å². The van der Waals surface area contributed by atoms with E-state index in [-0.39, 0.29) is 0 Å². The minimum Gasteiger partial charge on any atom is -0.420 e. The zero-order chi connectivity index (χ0) is 13.9. The first kappa shape index (κ1) is 13.2. The van der Waals surface area contributed by atoms with Gasteiger partial charge in [-0.2, -0.15) is 0 Å². The number of nitrogens with zero attached hydrogens (tertiary/aromatic N) is 4. The predicted molar refractivity (Wildman–Crippen MR) is 77.5 cm³/mol. The average molecular weight is 307 g/mol. The fraction of sp³-hybridized carbons (Fsp3) is 0.154. The third-order valence-corrected chi connectivity index (χ3v) is 4.05. The SMILES string of the molecule is Cn1ccnc1SCc1nnc(-c2ccccc2Cl)o1. The van der Waals surface area contributed by atoms with Crippen LogP contribution in [0.4, 0.5) is 0 Å². The second-order valence-corrected chi connectivity index (χ2v) is 5.44. The fourth-order valence-corrected chi connectivity index (χ4v) is 2.66. The summed E-state index contributed by atoms with van der Waals surface area (Å²) in [7, 11) is 1.94. The predicted octanol–water partition coefficient (Wildman–Crippen LogP) is 3.42. The Morgan fingerprint density at radius 3 is 2.90 bits per heavy atom. The Kier molecular flexibility index (Phi) is 3.75. The highest BCUT2D eigenvalue weighted by Gasteiger charge is 2.12. The van der Waals surface area contributed by atoms with Gasteiger partial charge in [0.1, 0.15) is 0 Å². The third kappa shape index (κ3) is 2.71. The molecule has 0 saturated heterocycles. The smallest absolute Gasteiger partial charge is 0.249 e. The fourth-order valence-electron chi connectivity index (χ4n) is 1.67. The third-order valence-electron chi connectivity index (χ3n) is 2.67. The van der Waals surface area contributed by atoms with Gasteiger partial charge < -0.3 is 8.98 Å². The lowest BCUT2D eigenvalue weighted by molar-refractivity contribution is 0.528. The van der Waals surface area contributed by atoms with E-state index in [4.69, 9.17) is 16.0 Å². The van der Waals surface area contributed by atoms with E-state index in [2.05, 4.69) is 15.2 Å². The number of hydrogen-bond acceptors (Lipinski definition) is 5. The quantitative estimate of drug-likeness (QED) is 0.691. The highest BCUT2D eigenvalue weighted by atomic mass is 35.5. The van der Waals surface area contributed by atoms with E-state index in [0.29, 0.717) is 22.6 Å². The van der Waals surface area contributed by atoms with Crippen molar-refractivity contribution in [3.05, 3.63) is 47.6 Å². The van der Waals surface area contributed by atoms with Gasteiger partial charge in [0.05, 0.1) is 16.3 Å². The molecule has 0 fully saturated rings. The lowest BCUT2D eigenvalue weighted by atomic mass is 10.2. The van der Waals surface area contributed by atoms with E-state index < -0.39 is 0 Å². The maximum absolute atomic E-state index is 6.10. The molecule has 0 N–H and O–H groups in total. The van der Waals surface area contributed by atoms with E-state index in [0.717, 1.165) is 10.7 Å². The lowest BCUT2D eigenvalue weighted by Crippen LogP contribution is -1.89. The van der Waals surface area contributed by atoms with E-state index in [1.807, 2.05) is 36.0 Å². The molecule has 0 atom stereocenters. The first-order chi connectivity index (χ1) is 9.74. The van der Waals surface area contributed by atoms with Gasteiger partial charge in [0.2, 0.25) is 11.8 Å². The molecule has 0 radical (unpaired) electrons.